The molecule has 0 aliphatic heterocycles. The van der Waals surface area contributed by atoms with Crippen molar-refractivity contribution in [2.24, 2.45) is 0 Å². The molecule has 0 radical (unpaired) electrons. The van der Waals surface area contributed by atoms with Gasteiger partial charge in [0, 0.05) is 12.4 Å². The summed E-state index contributed by atoms with van der Waals surface area (Å²) in [7, 11) is 0. The van der Waals surface area contributed by atoms with Crippen LogP contribution in [0.3, 0.4) is 0 Å². The Kier molecular flexibility index (Phi) is 3.81. The molecular formula is C15H12F2N2OS. The molecule has 21 heavy (non-hydrogen) atoms. The first-order chi connectivity index (χ1) is 10.2. The van der Waals surface area contributed by atoms with E-state index in [0.29, 0.717) is 5.82 Å². The summed E-state index contributed by atoms with van der Waals surface area (Å²) >= 11 is 1.51. The third-order valence-electron chi connectivity index (χ3n) is 3.16. The Morgan fingerprint density at radius 1 is 1.19 bits per heavy atom. The van der Waals surface area contributed by atoms with Crippen LogP contribution < -0.4 is 0 Å². The van der Waals surface area contributed by atoms with E-state index >= 15 is 0 Å². The number of rotatable bonds is 4. The highest BCUT2D eigenvalue weighted by atomic mass is 32.1. The number of nitrogens with zero attached hydrogens (tertiary/aromatic N) is 2. The maximum Gasteiger partial charge on any atom is 0.150 e. The van der Waals surface area contributed by atoms with Gasteiger partial charge in [0.1, 0.15) is 23.6 Å². The second-order valence-electron chi connectivity index (χ2n) is 4.53. The van der Waals surface area contributed by atoms with Crippen molar-refractivity contribution in [2.45, 2.75) is 12.6 Å². The Morgan fingerprint density at radius 2 is 1.95 bits per heavy atom. The first kappa shape index (κ1) is 13.9. The van der Waals surface area contributed by atoms with Gasteiger partial charge in [0.15, 0.2) is 0 Å². The van der Waals surface area contributed by atoms with Crippen LogP contribution in [0.25, 0.3) is 10.7 Å². The number of halogens is 2. The number of hydrogen-bond acceptors (Lipinski definition) is 3. The number of aromatic nitrogens is 2. The fourth-order valence-corrected chi connectivity index (χ4v) is 2.93. The van der Waals surface area contributed by atoms with Crippen LogP contribution in [0, 0.1) is 11.6 Å². The quantitative estimate of drug-likeness (QED) is 0.799. The highest BCUT2D eigenvalue weighted by Crippen LogP contribution is 2.26. The lowest BCUT2D eigenvalue weighted by atomic mass is 10.1. The van der Waals surface area contributed by atoms with Crippen molar-refractivity contribution in [3.63, 3.8) is 0 Å². The van der Waals surface area contributed by atoms with Crippen molar-refractivity contribution in [1.29, 1.82) is 0 Å². The average Bonchev–Trinajstić information content (AvgIpc) is 3.08. The molecule has 0 amide bonds. The summed E-state index contributed by atoms with van der Waals surface area (Å²) in [6.07, 6.45) is 2.00. The Hall–Kier alpha value is -2.05. The first-order valence-electron chi connectivity index (χ1n) is 6.34. The van der Waals surface area contributed by atoms with Crippen LogP contribution in [0.2, 0.25) is 0 Å². The van der Waals surface area contributed by atoms with E-state index in [1.165, 1.54) is 17.4 Å². The molecule has 0 bridgehead atoms. The van der Waals surface area contributed by atoms with Crippen LogP contribution in [0.4, 0.5) is 8.78 Å². The van der Waals surface area contributed by atoms with Gasteiger partial charge < -0.3 is 9.67 Å². The molecule has 0 fully saturated rings. The summed E-state index contributed by atoms with van der Waals surface area (Å²) in [5, 5.41) is 12.1. The molecule has 1 N–H and O–H groups in total. The van der Waals surface area contributed by atoms with Gasteiger partial charge in [0.05, 0.1) is 17.0 Å². The van der Waals surface area contributed by atoms with Crippen LogP contribution in [-0.4, -0.2) is 14.7 Å². The van der Waals surface area contributed by atoms with Gasteiger partial charge in [-0.05, 0) is 23.6 Å². The van der Waals surface area contributed by atoms with Gasteiger partial charge in [-0.2, -0.15) is 0 Å². The number of aliphatic hydroxyl groups excluding tert-OH is 1. The Morgan fingerprint density at radius 3 is 2.62 bits per heavy atom. The van der Waals surface area contributed by atoms with Crippen molar-refractivity contribution in [1.82, 2.24) is 9.55 Å². The zero-order valence-corrected chi connectivity index (χ0v) is 11.7. The maximum absolute atomic E-state index is 13.7. The van der Waals surface area contributed by atoms with Crippen molar-refractivity contribution >= 4 is 11.3 Å². The van der Waals surface area contributed by atoms with Crippen molar-refractivity contribution in [2.75, 3.05) is 0 Å². The predicted octanol–water partition coefficient (Wildman–Crippen LogP) is 3.62. The Balaban J connectivity index is 1.89. The molecule has 0 saturated heterocycles. The Bertz CT molecular complexity index is 720. The fourth-order valence-electron chi connectivity index (χ4n) is 2.19. The van der Waals surface area contributed by atoms with Crippen LogP contribution in [0.15, 0.2) is 48.1 Å². The summed E-state index contributed by atoms with van der Waals surface area (Å²) in [6.45, 7) is 0.0328. The molecule has 0 aliphatic carbocycles. The average molecular weight is 306 g/mol. The van der Waals surface area contributed by atoms with Crippen molar-refractivity contribution in [3.05, 3.63) is 65.3 Å². The van der Waals surface area contributed by atoms with Gasteiger partial charge in [-0.25, -0.2) is 13.8 Å². The topological polar surface area (TPSA) is 38.0 Å². The molecule has 1 atom stereocenters. The lowest BCUT2D eigenvalue weighted by Gasteiger charge is -2.15. The van der Waals surface area contributed by atoms with Crippen LogP contribution in [-0.2, 0) is 6.54 Å². The van der Waals surface area contributed by atoms with E-state index in [0.717, 1.165) is 17.0 Å². The fraction of sp³-hybridized carbons (Fsp3) is 0.133. The molecule has 2 heterocycles. The van der Waals surface area contributed by atoms with E-state index in [9.17, 15) is 13.9 Å². The number of hydrogen-bond donors (Lipinski definition) is 1. The Labute approximate surface area is 124 Å². The number of imidazole rings is 1. The summed E-state index contributed by atoms with van der Waals surface area (Å²) in [5.41, 5.74) is -0.316. The van der Waals surface area contributed by atoms with Gasteiger partial charge in [0.2, 0.25) is 0 Å². The minimum absolute atomic E-state index is 0.0328. The lowest BCUT2D eigenvalue weighted by molar-refractivity contribution is 0.148. The van der Waals surface area contributed by atoms with Gasteiger partial charge >= 0.3 is 0 Å². The summed E-state index contributed by atoms with van der Waals surface area (Å²) in [6, 6.07) is 7.34. The van der Waals surface area contributed by atoms with E-state index in [2.05, 4.69) is 4.98 Å². The second kappa shape index (κ2) is 5.75. The van der Waals surface area contributed by atoms with Crippen molar-refractivity contribution in [3.8, 4) is 10.7 Å². The minimum Gasteiger partial charge on any atom is -0.386 e. The molecule has 3 aromatic rings. The minimum atomic E-state index is -1.28. The van der Waals surface area contributed by atoms with Crippen LogP contribution in [0.5, 0.6) is 0 Å². The highest BCUT2D eigenvalue weighted by Gasteiger charge is 2.19. The van der Waals surface area contributed by atoms with Gasteiger partial charge in [-0.3, -0.25) is 0 Å². The number of thiophene rings is 1. The first-order valence-corrected chi connectivity index (χ1v) is 7.22. The van der Waals surface area contributed by atoms with E-state index in [-0.39, 0.29) is 12.1 Å². The molecular weight excluding hydrogens is 294 g/mol. The van der Waals surface area contributed by atoms with Gasteiger partial charge in [0.25, 0.3) is 0 Å². The largest absolute Gasteiger partial charge is 0.386 e. The normalized spacial score (nSPS) is 12.5. The molecule has 3 nitrogen and oxygen atoms in total. The van der Waals surface area contributed by atoms with E-state index in [4.69, 9.17) is 0 Å². The van der Waals surface area contributed by atoms with Crippen molar-refractivity contribution < 1.29 is 13.9 Å². The number of aliphatic hydroxyl groups is 1. The van der Waals surface area contributed by atoms with Gasteiger partial charge in [-0.15, -0.1) is 11.3 Å². The lowest BCUT2D eigenvalue weighted by Crippen LogP contribution is -2.12. The zero-order chi connectivity index (χ0) is 14.8. The predicted molar refractivity (Wildman–Crippen MR) is 76.9 cm³/mol. The molecule has 2 aromatic heterocycles. The van der Waals surface area contributed by atoms with Crippen LogP contribution in [0.1, 0.15) is 11.7 Å². The number of benzene rings is 1. The molecule has 0 saturated carbocycles. The molecule has 0 aliphatic rings. The molecule has 108 valence electrons. The molecule has 6 heteroatoms. The maximum atomic E-state index is 13.7. The second-order valence-corrected chi connectivity index (χ2v) is 5.48. The molecule has 3 rings (SSSR count). The van der Waals surface area contributed by atoms with E-state index < -0.39 is 17.7 Å². The molecule has 0 spiro atoms. The summed E-state index contributed by atoms with van der Waals surface area (Å²) in [4.78, 5) is 5.16. The standard InChI is InChI=1S/C15H12F2N2OS/c16-10-3-1-4-11(17)14(10)12(20)9-19-7-6-18-15(19)13-5-2-8-21-13/h1-8,12,20H,9H2/t12-/m0/s1. The molecule has 0 unspecified atom stereocenters. The smallest absolute Gasteiger partial charge is 0.150 e. The van der Waals surface area contributed by atoms with Gasteiger partial charge in [-0.1, -0.05) is 12.1 Å². The third-order valence-corrected chi connectivity index (χ3v) is 4.03. The highest BCUT2D eigenvalue weighted by molar-refractivity contribution is 7.13. The summed E-state index contributed by atoms with van der Waals surface area (Å²) < 4.78 is 29.0. The summed E-state index contributed by atoms with van der Waals surface area (Å²) in [5.74, 6) is -0.832. The molecule has 1 aromatic carbocycles. The SMILES string of the molecule is O[C@@H](Cn1ccnc1-c1cccs1)c1c(F)cccc1F. The third kappa shape index (κ3) is 2.72. The van der Waals surface area contributed by atoms with E-state index in [1.807, 2.05) is 17.5 Å². The van der Waals surface area contributed by atoms with Crippen LogP contribution >= 0.6 is 11.3 Å². The zero-order valence-electron chi connectivity index (χ0n) is 10.9. The van der Waals surface area contributed by atoms with E-state index in [1.54, 1.807) is 17.0 Å². The monoisotopic (exact) mass is 306 g/mol.